The molecule has 3 aromatic heterocycles. The molecule has 0 amide bonds. The maximum atomic E-state index is 13.0. The number of hydrogen-bond donors (Lipinski definition) is 1. The smallest absolute Gasteiger partial charge is 0.267 e. The third-order valence-corrected chi connectivity index (χ3v) is 4.69. The van der Waals surface area contributed by atoms with E-state index in [1.807, 2.05) is 54.6 Å². The van der Waals surface area contributed by atoms with Crippen molar-refractivity contribution in [3.8, 4) is 0 Å². The van der Waals surface area contributed by atoms with E-state index in [0.717, 1.165) is 10.7 Å². The van der Waals surface area contributed by atoms with Crippen LogP contribution in [0.5, 0.6) is 0 Å². The number of hydrazone groups is 1. The molecular weight excluding hydrogens is 358 g/mol. The highest BCUT2D eigenvalue weighted by Gasteiger charge is 2.13. The molecule has 0 aliphatic heterocycles. The van der Waals surface area contributed by atoms with Crippen molar-refractivity contribution >= 4 is 29.3 Å². The minimum atomic E-state index is -0.183. The Kier molecular flexibility index (Phi) is 4.93. The van der Waals surface area contributed by atoms with Crippen LogP contribution in [0.3, 0.4) is 0 Å². The van der Waals surface area contributed by atoms with Gasteiger partial charge in [0.25, 0.3) is 5.56 Å². The lowest BCUT2D eigenvalue weighted by Gasteiger charge is -2.07. The first kappa shape index (κ1) is 17.0. The molecule has 132 valence electrons. The summed E-state index contributed by atoms with van der Waals surface area (Å²) in [7, 11) is 0. The van der Waals surface area contributed by atoms with Crippen LogP contribution in [0.4, 0.5) is 5.69 Å². The number of rotatable bonds is 5. The zero-order chi connectivity index (χ0) is 18.5. The summed E-state index contributed by atoms with van der Waals surface area (Å²) in [6.07, 6.45) is 4.91. The molecule has 4 rings (SSSR count). The van der Waals surface area contributed by atoms with Crippen LogP contribution >= 0.6 is 11.8 Å². The molecule has 0 bridgehead atoms. The van der Waals surface area contributed by atoms with Crippen LogP contribution in [0.25, 0.3) is 5.65 Å². The number of benzene rings is 1. The summed E-state index contributed by atoms with van der Waals surface area (Å²) in [5.74, 6) is 0. The Morgan fingerprint density at radius 1 is 1.00 bits per heavy atom. The number of nitrogens with one attached hydrogen (secondary N) is 1. The summed E-state index contributed by atoms with van der Waals surface area (Å²) in [4.78, 5) is 21.9. The Balaban J connectivity index is 1.75. The van der Waals surface area contributed by atoms with Gasteiger partial charge in [-0.05, 0) is 48.2 Å². The topological polar surface area (TPSA) is 71.7 Å². The van der Waals surface area contributed by atoms with E-state index in [0.29, 0.717) is 16.2 Å². The second kappa shape index (κ2) is 7.84. The van der Waals surface area contributed by atoms with E-state index in [9.17, 15) is 4.79 Å². The SMILES string of the molecule is O=c1c(C=NNc2ccccc2)c(Sc2ccccn2)nc2ccccn12. The van der Waals surface area contributed by atoms with Gasteiger partial charge in [-0.25, -0.2) is 9.97 Å². The third-order valence-electron chi connectivity index (χ3n) is 3.73. The summed E-state index contributed by atoms with van der Waals surface area (Å²) in [5.41, 5.74) is 4.56. The Hall–Kier alpha value is -3.45. The number of fused-ring (bicyclic) bond motifs is 1. The van der Waals surface area contributed by atoms with E-state index in [-0.39, 0.29) is 5.56 Å². The molecule has 0 aliphatic rings. The molecule has 4 aromatic rings. The predicted molar refractivity (Wildman–Crippen MR) is 107 cm³/mol. The summed E-state index contributed by atoms with van der Waals surface area (Å²) in [5, 5.41) is 5.54. The van der Waals surface area contributed by atoms with Crippen molar-refractivity contribution in [2.75, 3.05) is 5.43 Å². The largest absolute Gasteiger partial charge is 0.279 e. The Labute approximate surface area is 159 Å². The quantitative estimate of drug-likeness (QED) is 0.328. The summed E-state index contributed by atoms with van der Waals surface area (Å²) in [6.45, 7) is 0. The fraction of sp³-hybridized carbons (Fsp3) is 0. The molecule has 0 unspecified atom stereocenters. The number of pyridine rings is 2. The lowest BCUT2D eigenvalue weighted by Crippen LogP contribution is -2.21. The molecule has 3 heterocycles. The highest BCUT2D eigenvalue weighted by atomic mass is 32.2. The van der Waals surface area contributed by atoms with Crippen molar-refractivity contribution in [1.82, 2.24) is 14.4 Å². The van der Waals surface area contributed by atoms with Gasteiger partial charge in [-0.1, -0.05) is 30.3 Å². The molecule has 0 atom stereocenters. The number of aromatic nitrogens is 3. The van der Waals surface area contributed by atoms with Crippen LogP contribution in [0.2, 0.25) is 0 Å². The van der Waals surface area contributed by atoms with E-state index in [1.165, 1.54) is 22.4 Å². The van der Waals surface area contributed by atoms with Gasteiger partial charge in [0, 0.05) is 12.4 Å². The zero-order valence-electron chi connectivity index (χ0n) is 14.2. The fourth-order valence-corrected chi connectivity index (χ4v) is 3.31. The number of para-hydroxylation sites is 1. The average molecular weight is 373 g/mol. The van der Waals surface area contributed by atoms with Crippen molar-refractivity contribution in [2.45, 2.75) is 10.1 Å². The first-order valence-corrected chi connectivity index (χ1v) is 9.07. The molecule has 7 heteroatoms. The van der Waals surface area contributed by atoms with E-state index < -0.39 is 0 Å². The molecule has 0 saturated carbocycles. The molecule has 1 N–H and O–H groups in total. The molecule has 0 aliphatic carbocycles. The number of anilines is 1. The first-order chi connectivity index (χ1) is 13.3. The van der Waals surface area contributed by atoms with Gasteiger partial charge in [0.05, 0.1) is 17.5 Å². The highest BCUT2D eigenvalue weighted by molar-refractivity contribution is 7.99. The lowest BCUT2D eigenvalue weighted by molar-refractivity contribution is 0.973. The van der Waals surface area contributed by atoms with Crippen LogP contribution in [0.1, 0.15) is 5.56 Å². The van der Waals surface area contributed by atoms with Crippen LogP contribution < -0.4 is 11.0 Å². The van der Waals surface area contributed by atoms with Crippen LogP contribution in [-0.4, -0.2) is 20.6 Å². The summed E-state index contributed by atoms with van der Waals surface area (Å²) >= 11 is 1.33. The van der Waals surface area contributed by atoms with Gasteiger partial charge in [-0.15, -0.1) is 0 Å². The van der Waals surface area contributed by atoms with Crippen molar-refractivity contribution in [3.63, 3.8) is 0 Å². The van der Waals surface area contributed by atoms with Crippen molar-refractivity contribution in [1.29, 1.82) is 0 Å². The monoisotopic (exact) mass is 373 g/mol. The third kappa shape index (κ3) is 3.88. The van der Waals surface area contributed by atoms with Crippen molar-refractivity contribution < 1.29 is 0 Å². The van der Waals surface area contributed by atoms with Crippen LogP contribution in [0, 0.1) is 0 Å². The number of hydrogen-bond acceptors (Lipinski definition) is 6. The molecule has 6 nitrogen and oxygen atoms in total. The molecule has 0 spiro atoms. The Bertz CT molecular complexity index is 1140. The van der Waals surface area contributed by atoms with E-state index in [4.69, 9.17) is 0 Å². The normalized spacial score (nSPS) is 11.1. The highest BCUT2D eigenvalue weighted by Crippen LogP contribution is 2.25. The minimum Gasteiger partial charge on any atom is -0.279 e. The van der Waals surface area contributed by atoms with Crippen LogP contribution in [0.15, 0.2) is 99.1 Å². The van der Waals surface area contributed by atoms with Gasteiger partial charge in [0.2, 0.25) is 0 Å². The Morgan fingerprint density at radius 3 is 2.63 bits per heavy atom. The van der Waals surface area contributed by atoms with Gasteiger partial charge in [-0.2, -0.15) is 5.10 Å². The first-order valence-electron chi connectivity index (χ1n) is 8.26. The Morgan fingerprint density at radius 2 is 1.81 bits per heavy atom. The zero-order valence-corrected chi connectivity index (χ0v) is 15.0. The molecule has 0 saturated heterocycles. The van der Waals surface area contributed by atoms with E-state index in [1.54, 1.807) is 24.5 Å². The minimum absolute atomic E-state index is 0.183. The predicted octanol–water partition coefficient (Wildman–Crippen LogP) is 3.69. The van der Waals surface area contributed by atoms with Gasteiger partial charge in [0.15, 0.2) is 0 Å². The van der Waals surface area contributed by atoms with Gasteiger partial charge < -0.3 is 0 Å². The van der Waals surface area contributed by atoms with Crippen molar-refractivity contribution in [3.05, 3.63) is 95.0 Å². The molecule has 27 heavy (non-hydrogen) atoms. The fourth-order valence-electron chi connectivity index (χ4n) is 2.46. The maximum Gasteiger partial charge on any atom is 0.267 e. The molecular formula is C20H15N5OS. The van der Waals surface area contributed by atoms with Crippen LogP contribution in [-0.2, 0) is 0 Å². The molecule has 1 aromatic carbocycles. The van der Waals surface area contributed by atoms with Gasteiger partial charge >= 0.3 is 0 Å². The van der Waals surface area contributed by atoms with E-state index >= 15 is 0 Å². The van der Waals surface area contributed by atoms with Gasteiger partial charge in [0.1, 0.15) is 15.7 Å². The molecule has 0 radical (unpaired) electrons. The summed E-state index contributed by atoms with van der Waals surface area (Å²) in [6, 6.07) is 20.6. The summed E-state index contributed by atoms with van der Waals surface area (Å²) < 4.78 is 1.51. The second-order valence-electron chi connectivity index (χ2n) is 5.57. The average Bonchev–Trinajstić information content (AvgIpc) is 2.72. The number of nitrogens with zero attached hydrogens (tertiary/aromatic N) is 4. The van der Waals surface area contributed by atoms with Gasteiger partial charge in [-0.3, -0.25) is 14.6 Å². The maximum absolute atomic E-state index is 13.0. The van der Waals surface area contributed by atoms with Crippen molar-refractivity contribution in [2.24, 2.45) is 5.10 Å². The standard InChI is InChI=1S/C20H15N5OS/c26-20-16(14-22-24-15-8-2-1-3-9-15)19(27-18-11-4-6-12-21-18)23-17-10-5-7-13-25(17)20/h1-14,24H. The van der Waals surface area contributed by atoms with E-state index in [2.05, 4.69) is 20.5 Å². The second-order valence-corrected chi connectivity index (χ2v) is 6.58. The molecule has 0 fully saturated rings. The lowest BCUT2D eigenvalue weighted by atomic mass is 10.3.